The number of nitrogens with zero attached hydrogens (tertiary/aromatic N) is 1. The number of anilines is 1. The number of sulfonamides is 1. The molecule has 0 aromatic heterocycles. The second-order valence-electron chi connectivity index (χ2n) is 6.45. The Kier molecular flexibility index (Phi) is 7.21. The van der Waals surface area contributed by atoms with Gasteiger partial charge in [0.2, 0.25) is 21.8 Å². The van der Waals surface area contributed by atoms with Crippen LogP contribution in [0.3, 0.4) is 0 Å². The normalized spacial score (nSPS) is 12.8. The minimum atomic E-state index is -4.88. The first-order chi connectivity index (χ1) is 13.9. The molecule has 0 heterocycles. The van der Waals surface area contributed by atoms with Crippen LogP contribution in [-0.4, -0.2) is 44.8 Å². The van der Waals surface area contributed by atoms with E-state index in [1.165, 1.54) is 14.0 Å². The fourth-order valence-corrected chi connectivity index (χ4v) is 4.05. The van der Waals surface area contributed by atoms with Gasteiger partial charge in [0.05, 0.1) is 23.0 Å². The number of hydrogen-bond donors (Lipinski definition) is 2. The number of amides is 2. The Bertz CT molecular complexity index is 1010. The van der Waals surface area contributed by atoms with Gasteiger partial charge in [0, 0.05) is 12.7 Å². The summed E-state index contributed by atoms with van der Waals surface area (Å²) < 4.78 is 66.2. The molecular weight excluding hydrogens is 423 g/mol. The van der Waals surface area contributed by atoms with Crippen LogP contribution in [0.25, 0.3) is 0 Å². The van der Waals surface area contributed by atoms with Crippen molar-refractivity contribution in [1.29, 1.82) is 0 Å². The molecule has 2 amide bonds. The van der Waals surface area contributed by atoms with Crippen molar-refractivity contribution >= 4 is 27.5 Å². The third kappa shape index (κ3) is 6.04. The summed E-state index contributed by atoms with van der Waals surface area (Å²) in [6, 6.07) is 10.7. The standard InChI is InChI=1S/C19H20F3N3O4S/c1-13(18(27)25(2)12-17(26)23-14-8-4-3-5-9-14)24-30(28,29)16-11-7-6-10-15(16)19(20,21)22/h3-11,13,24H,12H2,1-2H3,(H,23,26)/t13-/m0/s1. The number of benzene rings is 2. The maximum absolute atomic E-state index is 13.1. The fraction of sp³-hybridized carbons (Fsp3) is 0.263. The van der Waals surface area contributed by atoms with Gasteiger partial charge in [-0.25, -0.2) is 8.42 Å². The second kappa shape index (κ2) is 9.26. The number of likely N-dealkylation sites (N-methyl/N-ethyl adjacent to an activating group) is 1. The summed E-state index contributed by atoms with van der Waals surface area (Å²) in [7, 11) is -3.37. The molecule has 0 fully saturated rings. The predicted octanol–water partition coefficient (Wildman–Crippen LogP) is 2.47. The van der Waals surface area contributed by atoms with Crippen LogP contribution < -0.4 is 10.0 Å². The van der Waals surface area contributed by atoms with Crippen LogP contribution in [0.2, 0.25) is 0 Å². The van der Waals surface area contributed by atoms with E-state index in [4.69, 9.17) is 0 Å². The molecule has 1 atom stereocenters. The molecule has 2 aromatic carbocycles. The lowest BCUT2D eigenvalue weighted by atomic mass is 10.2. The molecule has 2 N–H and O–H groups in total. The highest BCUT2D eigenvalue weighted by atomic mass is 32.2. The van der Waals surface area contributed by atoms with Crippen molar-refractivity contribution < 1.29 is 31.2 Å². The van der Waals surface area contributed by atoms with E-state index in [0.717, 1.165) is 23.1 Å². The van der Waals surface area contributed by atoms with Crippen molar-refractivity contribution in [1.82, 2.24) is 9.62 Å². The molecule has 0 saturated carbocycles. The van der Waals surface area contributed by atoms with E-state index in [9.17, 15) is 31.2 Å². The van der Waals surface area contributed by atoms with E-state index >= 15 is 0 Å². The number of rotatable bonds is 7. The van der Waals surface area contributed by atoms with E-state index in [1.54, 1.807) is 30.3 Å². The Hall–Kier alpha value is -2.92. The molecule has 2 rings (SSSR count). The van der Waals surface area contributed by atoms with Crippen LogP contribution in [-0.2, 0) is 25.8 Å². The Morgan fingerprint density at radius 2 is 1.60 bits per heavy atom. The highest BCUT2D eigenvalue weighted by molar-refractivity contribution is 7.89. The minimum absolute atomic E-state index is 0.376. The Morgan fingerprint density at radius 1 is 1.03 bits per heavy atom. The summed E-state index contributed by atoms with van der Waals surface area (Å²) in [5.41, 5.74) is -0.825. The van der Waals surface area contributed by atoms with Gasteiger partial charge in [-0.05, 0) is 31.2 Å². The third-order valence-electron chi connectivity index (χ3n) is 4.00. The Labute approximate surface area is 171 Å². The molecule has 162 valence electrons. The van der Waals surface area contributed by atoms with Crippen LogP contribution in [0.5, 0.6) is 0 Å². The number of para-hydroxylation sites is 1. The van der Waals surface area contributed by atoms with Gasteiger partial charge in [-0.3, -0.25) is 9.59 Å². The van der Waals surface area contributed by atoms with Crippen molar-refractivity contribution in [2.45, 2.75) is 24.0 Å². The lowest BCUT2D eigenvalue weighted by Gasteiger charge is -2.22. The molecule has 0 unspecified atom stereocenters. The second-order valence-corrected chi connectivity index (χ2v) is 8.13. The van der Waals surface area contributed by atoms with Crippen molar-refractivity contribution in [2.75, 3.05) is 18.9 Å². The van der Waals surface area contributed by atoms with Crippen LogP contribution in [0.4, 0.5) is 18.9 Å². The van der Waals surface area contributed by atoms with Crippen molar-refractivity contribution in [3.63, 3.8) is 0 Å². The SMILES string of the molecule is C[C@H](NS(=O)(=O)c1ccccc1C(F)(F)F)C(=O)N(C)CC(=O)Nc1ccccc1. The maximum atomic E-state index is 13.1. The Morgan fingerprint density at radius 3 is 2.20 bits per heavy atom. The van der Waals surface area contributed by atoms with E-state index in [2.05, 4.69) is 5.32 Å². The minimum Gasteiger partial charge on any atom is -0.335 e. The van der Waals surface area contributed by atoms with Gasteiger partial charge in [0.25, 0.3) is 0 Å². The Balaban J connectivity index is 2.07. The summed E-state index contributed by atoms with van der Waals surface area (Å²) in [5.74, 6) is -1.30. The largest absolute Gasteiger partial charge is 0.417 e. The molecular formula is C19H20F3N3O4S. The highest BCUT2D eigenvalue weighted by Crippen LogP contribution is 2.33. The molecule has 2 aromatic rings. The van der Waals surface area contributed by atoms with E-state index in [1.807, 2.05) is 4.72 Å². The molecule has 0 bridgehead atoms. The number of nitrogens with one attached hydrogen (secondary N) is 2. The lowest BCUT2D eigenvalue weighted by molar-refractivity contribution is -0.139. The zero-order valence-electron chi connectivity index (χ0n) is 16.1. The van der Waals surface area contributed by atoms with Gasteiger partial charge in [0.15, 0.2) is 0 Å². The smallest absolute Gasteiger partial charge is 0.335 e. The maximum Gasteiger partial charge on any atom is 0.417 e. The van der Waals surface area contributed by atoms with Gasteiger partial charge >= 0.3 is 6.18 Å². The van der Waals surface area contributed by atoms with Crippen LogP contribution in [0, 0.1) is 0 Å². The van der Waals surface area contributed by atoms with Crippen LogP contribution in [0.15, 0.2) is 59.5 Å². The average Bonchev–Trinajstić information content (AvgIpc) is 2.67. The highest BCUT2D eigenvalue weighted by Gasteiger charge is 2.37. The van der Waals surface area contributed by atoms with E-state index in [-0.39, 0.29) is 6.54 Å². The third-order valence-corrected chi connectivity index (χ3v) is 5.60. The summed E-state index contributed by atoms with van der Waals surface area (Å²) in [4.78, 5) is 24.5. The summed E-state index contributed by atoms with van der Waals surface area (Å²) in [5, 5.41) is 2.57. The topological polar surface area (TPSA) is 95.6 Å². The zero-order chi connectivity index (χ0) is 22.5. The first-order valence-electron chi connectivity index (χ1n) is 8.70. The fourth-order valence-electron chi connectivity index (χ4n) is 2.63. The number of carbonyl (C=O) groups excluding carboxylic acids is 2. The van der Waals surface area contributed by atoms with Gasteiger partial charge in [0.1, 0.15) is 0 Å². The number of carbonyl (C=O) groups is 2. The molecule has 0 aliphatic carbocycles. The monoisotopic (exact) mass is 443 g/mol. The van der Waals surface area contributed by atoms with Gasteiger partial charge < -0.3 is 10.2 Å². The molecule has 7 nitrogen and oxygen atoms in total. The quantitative estimate of drug-likeness (QED) is 0.687. The molecule has 0 aliphatic heterocycles. The number of halogens is 3. The van der Waals surface area contributed by atoms with Gasteiger partial charge in [-0.2, -0.15) is 17.9 Å². The molecule has 0 spiro atoms. The molecule has 0 saturated heterocycles. The first kappa shape index (κ1) is 23.4. The zero-order valence-corrected chi connectivity index (χ0v) is 16.9. The van der Waals surface area contributed by atoms with Crippen molar-refractivity contribution in [3.05, 3.63) is 60.2 Å². The number of hydrogen-bond acceptors (Lipinski definition) is 4. The molecule has 0 radical (unpaired) electrons. The molecule has 0 aliphatic rings. The van der Waals surface area contributed by atoms with E-state index in [0.29, 0.717) is 11.8 Å². The number of alkyl halides is 3. The molecule has 30 heavy (non-hydrogen) atoms. The summed E-state index contributed by atoms with van der Waals surface area (Å²) in [6.07, 6.45) is -4.88. The predicted molar refractivity (Wildman–Crippen MR) is 104 cm³/mol. The average molecular weight is 443 g/mol. The summed E-state index contributed by atoms with van der Waals surface area (Å²) >= 11 is 0. The molecule has 11 heteroatoms. The van der Waals surface area contributed by atoms with Gasteiger partial charge in [-0.15, -0.1) is 0 Å². The van der Waals surface area contributed by atoms with Crippen LogP contribution >= 0.6 is 0 Å². The first-order valence-corrected chi connectivity index (χ1v) is 10.2. The van der Waals surface area contributed by atoms with Crippen molar-refractivity contribution in [2.24, 2.45) is 0 Å². The van der Waals surface area contributed by atoms with Gasteiger partial charge in [-0.1, -0.05) is 30.3 Å². The van der Waals surface area contributed by atoms with E-state index < -0.39 is 44.5 Å². The van der Waals surface area contributed by atoms with Crippen molar-refractivity contribution in [3.8, 4) is 0 Å². The summed E-state index contributed by atoms with van der Waals surface area (Å²) in [6.45, 7) is 0.806. The lowest BCUT2D eigenvalue weighted by Crippen LogP contribution is -2.47. The van der Waals surface area contributed by atoms with Crippen LogP contribution in [0.1, 0.15) is 12.5 Å².